The van der Waals surface area contributed by atoms with Crippen LogP contribution in [0.15, 0.2) is 0 Å². The minimum atomic E-state index is -0.957. The van der Waals surface area contributed by atoms with Gasteiger partial charge in [-0.1, -0.05) is 6.92 Å². The fraction of sp³-hybridized carbons (Fsp3) is 0.800. The van der Waals surface area contributed by atoms with Crippen LogP contribution in [-0.4, -0.2) is 35.1 Å². The van der Waals surface area contributed by atoms with E-state index in [-0.39, 0.29) is 18.0 Å². The topological polar surface area (TPSA) is 78.4 Å². The molecule has 0 aliphatic heterocycles. The number of carboxylic acid groups (broad SMARTS) is 1. The quantitative estimate of drug-likeness (QED) is 0.620. The molecule has 0 unspecified atom stereocenters. The summed E-state index contributed by atoms with van der Waals surface area (Å²) in [4.78, 5) is 21.8. The number of nitrogens with one attached hydrogen (secondary N) is 2. The lowest BCUT2D eigenvalue weighted by atomic mass is 10.1. The van der Waals surface area contributed by atoms with Crippen LogP contribution in [0.3, 0.4) is 0 Å². The molecule has 5 heteroatoms. The number of carboxylic acids is 1. The highest BCUT2D eigenvalue weighted by atomic mass is 16.4. The molecule has 0 rings (SSSR count). The third-order valence-electron chi connectivity index (χ3n) is 1.73. The Balaban J connectivity index is 4.18. The van der Waals surface area contributed by atoms with Gasteiger partial charge in [0.25, 0.3) is 0 Å². The molecule has 3 N–H and O–H groups in total. The van der Waals surface area contributed by atoms with Crippen molar-refractivity contribution >= 4 is 11.9 Å². The Hall–Kier alpha value is -1.10. The molecule has 0 bridgehead atoms. The summed E-state index contributed by atoms with van der Waals surface area (Å²) in [5.41, 5.74) is -0.292. The summed E-state index contributed by atoms with van der Waals surface area (Å²) in [5, 5.41) is 14.4. The van der Waals surface area contributed by atoms with Crippen molar-refractivity contribution in [3.8, 4) is 0 Å². The lowest BCUT2D eigenvalue weighted by Crippen LogP contribution is -2.53. The van der Waals surface area contributed by atoms with Crippen LogP contribution in [-0.2, 0) is 9.59 Å². The van der Waals surface area contributed by atoms with Crippen molar-refractivity contribution in [2.24, 2.45) is 0 Å². The number of rotatable bonds is 5. The van der Waals surface area contributed by atoms with Gasteiger partial charge in [0.05, 0.1) is 0 Å². The molecular formula is C10H20N2O3. The van der Waals surface area contributed by atoms with Crippen molar-refractivity contribution in [1.82, 2.24) is 10.6 Å². The van der Waals surface area contributed by atoms with Gasteiger partial charge < -0.3 is 10.4 Å². The van der Waals surface area contributed by atoms with Gasteiger partial charge in [-0.15, -0.1) is 0 Å². The second kappa shape index (κ2) is 5.70. The molecule has 0 saturated carbocycles. The zero-order chi connectivity index (χ0) is 12.1. The van der Waals surface area contributed by atoms with Gasteiger partial charge in [-0.3, -0.25) is 14.9 Å². The van der Waals surface area contributed by atoms with Crippen LogP contribution in [0, 0.1) is 0 Å². The lowest BCUT2D eigenvalue weighted by Gasteiger charge is -2.26. The van der Waals surface area contributed by atoms with E-state index in [0.717, 1.165) is 0 Å². The van der Waals surface area contributed by atoms with Gasteiger partial charge in [0.2, 0.25) is 5.91 Å². The molecule has 1 amide bonds. The maximum absolute atomic E-state index is 11.0. The van der Waals surface area contributed by atoms with E-state index in [9.17, 15) is 9.59 Å². The molecule has 5 nitrogen and oxygen atoms in total. The Bertz CT molecular complexity index is 233. The highest BCUT2D eigenvalue weighted by Gasteiger charge is 2.23. The first-order chi connectivity index (χ1) is 6.76. The third-order valence-corrected chi connectivity index (χ3v) is 1.73. The van der Waals surface area contributed by atoms with Crippen LogP contribution in [0.25, 0.3) is 0 Å². The van der Waals surface area contributed by atoms with Gasteiger partial charge in [0.15, 0.2) is 0 Å². The van der Waals surface area contributed by atoms with Crippen LogP contribution >= 0.6 is 0 Å². The van der Waals surface area contributed by atoms with Crippen molar-refractivity contribution in [3.63, 3.8) is 0 Å². The first-order valence-corrected chi connectivity index (χ1v) is 5.03. The Labute approximate surface area is 90.2 Å². The maximum atomic E-state index is 11.0. The van der Waals surface area contributed by atoms with Crippen molar-refractivity contribution in [2.75, 3.05) is 6.54 Å². The number of carbonyl (C=O) groups excluding carboxylic acids is 1. The first-order valence-electron chi connectivity index (χ1n) is 5.03. The zero-order valence-electron chi connectivity index (χ0n) is 9.76. The van der Waals surface area contributed by atoms with E-state index in [4.69, 9.17) is 5.11 Å². The number of amides is 1. The van der Waals surface area contributed by atoms with E-state index in [2.05, 4.69) is 10.6 Å². The molecule has 15 heavy (non-hydrogen) atoms. The van der Waals surface area contributed by atoms with Crippen LogP contribution < -0.4 is 10.6 Å². The van der Waals surface area contributed by atoms with Gasteiger partial charge in [0.1, 0.15) is 6.04 Å². The highest BCUT2D eigenvalue weighted by Crippen LogP contribution is 2.01. The third kappa shape index (κ3) is 6.90. The van der Waals surface area contributed by atoms with E-state index in [0.29, 0.717) is 6.42 Å². The molecule has 0 aromatic carbocycles. The van der Waals surface area contributed by atoms with Crippen LogP contribution in [0.1, 0.15) is 34.1 Å². The average Bonchev–Trinajstić information content (AvgIpc) is 2.09. The minimum absolute atomic E-state index is 0.110. The highest BCUT2D eigenvalue weighted by molar-refractivity contribution is 5.78. The largest absolute Gasteiger partial charge is 0.480 e. The SMILES string of the molecule is CCC(=O)NC[C@H](NC(C)(C)C)C(=O)O. The summed E-state index contributed by atoms with van der Waals surface area (Å²) >= 11 is 0. The number of aliphatic carboxylic acids is 1. The van der Waals surface area contributed by atoms with E-state index < -0.39 is 12.0 Å². The summed E-state index contributed by atoms with van der Waals surface area (Å²) in [6, 6.07) is -0.750. The van der Waals surface area contributed by atoms with Gasteiger partial charge in [-0.2, -0.15) is 0 Å². The predicted molar refractivity (Wildman–Crippen MR) is 57.6 cm³/mol. The Morgan fingerprint density at radius 2 is 1.87 bits per heavy atom. The summed E-state index contributed by atoms with van der Waals surface area (Å²) < 4.78 is 0. The lowest BCUT2D eigenvalue weighted by molar-refractivity contribution is -0.140. The summed E-state index contributed by atoms with van der Waals surface area (Å²) in [7, 11) is 0. The van der Waals surface area contributed by atoms with Crippen LogP contribution in [0.2, 0.25) is 0 Å². The molecule has 0 aromatic heterocycles. The van der Waals surface area contributed by atoms with Crippen molar-refractivity contribution in [2.45, 2.75) is 45.7 Å². The van der Waals surface area contributed by atoms with Crippen molar-refractivity contribution < 1.29 is 14.7 Å². The standard InChI is InChI=1S/C10H20N2O3/c1-5-8(13)11-6-7(9(14)15)12-10(2,3)4/h7,12H,5-6H2,1-4H3,(H,11,13)(H,14,15)/t7-/m0/s1. The fourth-order valence-electron chi connectivity index (χ4n) is 1.06. The molecule has 0 spiro atoms. The van der Waals surface area contributed by atoms with E-state index in [1.54, 1.807) is 6.92 Å². The van der Waals surface area contributed by atoms with Crippen LogP contribution in [0.4, 0.5) is 0 Å². The smallest absolute Gasteiger partial charge is 0.322 e. The molecule has 0 aliphatic rings. The molecule has 0 aliphatic carbocycles. The second-order valence-electron chi connectivity index (χ2n) is 4.44. The van der Waals surface area contributed by atoms with Gasteiger partial charge in [0, 0.05) is 18.5 Å². The zero-order valence-corrected chi connectivity index (χ0v) is 9.76. The van der Waals surface area contributed by atoms with E-state index in [1.165, 1.54) is 0 Å². The summed E-state index contributed by atoms with van der Waals surface area (Å²) in [6.07, 6.45) is 0.363. The number of hydrogen-bond donors (Lipinski definition) is 3. The normalized spacial score (nSPS) is 13.3. The number of carbonyl (C=O) groups is 2. The van der Waals surface area contributed by atoms with E-state index in [1.807, 2.05) is 20.8 Å². The predicted octanol–water partition coefficient (Wildman–Crippen LogP) is 0.354. The van der Waals surface area contributed by atoms with Crippen LogP contribution in [0.5, 0.6) is 0 Å². The Morgan fingerprint density at radius 3 is 2.20 bits per heavy atom. The second-order valence-corrected chi connectivity index (χ2v) is 4.44. The summed E-state index contributed by atoms with van der Waals surface area (Å²) in [6.45, 7) is 7.47. The Kier molecular flexibility index (Phi) is 5.28. The molecule has 1 atom stereocenters. The van der Waals surface area contributed by atoms with Gasteiger partial charge in [-0.05, 0) is 20.8 Å². The molecular weight excluding hydrogens is 196 g/mol. The average molecular weight is 216 g/mol. The Morgan fingerprint density at radius 1 is 1.33 bits per heavy atom. The molecule has 0 aromatic rings. The minimum Gasteiger partial charge on any atom is -0.480 e. The van der Waals surface area contributed by atoms with Gasteiger partial charge >= 0.3 is 5.97 Å². The fourth-order valence-corrected chi connectivity index (χ4v) is 1.06. The molecule has 0 saturated heterocycles. The molecule has 88 valence electrons. The van der Waals surface area contributed by atoms with Gasteiger partial charge in [-0.25, -0.2) is 0 Å². The monoisotopic (exact) mass is 216 g/mol. The maximum Gasteiger partial charge on any atom is 0.322 e. The van der Waals surface area contributed by atoms with Crippen molar-refractivity contribution in [1.29, 1.82) is 0 Å². The first kappa shape index (κ1) is 13.9. The summed E-state index contributed by atoms with van der Waals surface area (Å²) in [5.74, 6) is -1.10. The number of hydrogen-bond acceptors (Lipinski definition) is 3. The molecule has 0 heterocycles. The molecule has 0 fully saturated rings. The van der Waals surface area contributed by atoms with Crippen molar-refractivity contribution in [3.05, 3.63) is 0 Å². The van der Waals surface area contributed by atoms with E-state index >= 15 is 0 Å². The molecule has 0 radical (unpaired) electrons.